The van der Waals surface area contributed by atoms with E-state index >= 15 is 0 Å². The molecule has 6 rings (SSSR count). The number of rotatable bonds is 9. The predicted molar refractivity (Wildman–Crippen MR) is 170 cm³/mol. The molecule has 0 radical (unpaired) electrons. The summed E-state index contributed by atoms with van der Waals surface area (Å²) < 4.78 is 25.5. The van der Waals surface area contributed by atoms with E-state index in [4.69, 9.17) is 18.9 Å². The standard InChI is InChI=1S/C37H48O9/c1-6-7-8-9-10-11-15-18-27(39)43-29-23(4)19-26-36(41)24(5)20-34(22(2)3)30(44-32(46-34)25-16-13-12-14-17-25)28(36)31-35(21-38,45-31)33(40)37(26,29)42/h8-18,23-24,26,28-33,38,40-42H,2,6-7,19-21H2,1,3-5H3/b9-8+,11-10+,18-15+/t23-,24+,26?,28?,29-,30+,31-,32?,33+,34+,35-,36-,37+/m0/s1. The first-order valence-corrected chi connectivity index (χ1v) is 16.6. The van der Waals surface area contributed by atoms with Crippen LogP contribution in [-0.4, -0.2) is 79.8 Å². The number of fused-ring (bicyclic) bond motifs is 7. The number of hydrogen-bond acceptors (Lipinski definition) is 9. The van der Waals surface area contributed by atoms with Crippen molar-refractivity contribution in [3.63, 3.8) is 0 Å². The van der Waals surface area contributed by atoms with Crippen molar-refractivity contribution in [2.75, 3.05) is 6.61 Å². The number of unbranched alkanes of at least 4 members (excludes halogenated alkanes) is 1. The van der Waals surface area contributed by atoms with E-state index in [0.29, 0.717) is 6.42 Å². The third-order valence-electron chi connectivity index (χ3n) is 11.4. The topological polar surface area (TPSA) is 138 Å². The molecule has 3 unspecified atom stereocenters. The molecule has 250 valence electrons. The molecule has 5 fully saturated rings. The van der Waals surface area contributed by atoms with Crippen molar-refractivity contribution in [2.45, 2.75) is 106 Å². The van der Waals surface area contributed by atoms with Gasteiger partial charge in [0.05, 0.1) is 12.2 Å². The minimum atomic E-state index is -2.13. The Morgan fingerprint density at radius 3 is 2.46 bits per heavy atom. The molecule has 0 amide bonds. The number of carbonyl (C=O) groups excluding carboxylic acids is 1. The molecule has 3 aliphatic carbocycles. The molecule has 3 saturated carbocycles. The van der Waals surface area contributed by atoms with Crippen molar-refractivity contribution in [2.24, 2.45) is 23.7 Å². The Hall–Kier alpha value is -2.63. The van der Waals surface area contributed by atoms with Crippen LogP contribution in [0.25, 0.3) is 0 Å². The number of epoxide rings is 1. The van der Waals surface area contributed by atoms with Crippen LogP contribution in [0.4, 0.5) is 0 Å². The Bertz CT molecular complexity index is 1410. The van der Waals surface area contributed by atoms with Crippen LogP contribution in [0.1, 0.15) is 65.2 Å². The third-order valence-corrected chi connectivity index (χ3v) is 11.4. The van der Waals surface area contributed by atoms with Gasteiger partial charge in [0.1, 0.15) is 41.2 Å². The molecule has 1 aromatic rings. The minimum absolute atomic E-state index is 0.263. The lowest BCUT2D eigenvalue weighted by Gasteiger charge is -2.57. The van der Waals surface area contributed by atoms with Gasteiger partial charge in [0.25, 0.3) is 0 Å². The summed E-state index contributed by atoms with van der Waals surface area (Å²) in [6, 6.07) is 9.53. The van der Waals surface area contributed by atoms with Gasteiger partial charge in [0.2, 0.25) is 0 Å². The van der Waals surface area contributed by atoms with E-state index < -0.39 is 89.4 Å². The van der Waals surface area contributed by atoms with Crippen molar-refractivity contribution < 1.29 is 44.2 Å². The second-order valence-electron chi connectivity index (χ2n) is 14.1. The molecule has 0 bridgehead atoms. The number of aliphatic hydroxyl groups excluding tert-OH is 2. The van der Waals surface area contributed by atoms with Gasteiger partial charge in [0, 0.05) is 23.5 Å². The molecule has 0 spiro atoms. The summed E-state index contributed by atoms with van der Waals surface area (Å²) >= 11 is 0. The summed E-state index contributed by atoms with van der Waals surface area (Å²) in [5, 5.41) is 48.5. The van der Waals surface area contributed by atoms with Gasteiger partial charge in [0.15, 0.2) is 6.29 Å². The van der Waals surface area contributed by atoms with Gasteiger partial charge in [-0.25, -0.2) is 4.79 Å². The molecule has 13 atom stereocenters. The van der Waals surface area contributed by atoms with E-state index in [1.165, 1.54) is 6.08 Å². The molecule has 2 saturated heterocycles. The lowest BCUT2D eigenvalue weighted by atomic mass is 9.54. The van der Waals surface area contributed by atoms with Gasteiger partial charge in [-0.2, -0.15) is 0 Å². The summed E-state index contributed by atoms with van der Waals surface area (Å²) in [7, 11) is 0. The first-order chi connectivity index (χ1) is 21.9. The molecule has 9 nitrogen and oxygen atoms in total. The summed E-state index contributed by atoms with van der Waals surface area (Å²) in [4.78, 5) is 13.1. The van der Waals surface area contributed by atoms with Crippen molar-refractivity contribution in [1.82, 2.24) is 0 Å². The van der Waals surface area contributed by atoms with Gasteiger partial charge in [-0.3, -0.25) is 0 Å². The fraction of sp³-hybridized carbons (Fsp3) is 0.595. The molecule has 4 N–H and O–H groups in total. The number of carbonyl (C=O) groups is 1. The van der Waals surface area contributed by atoms with E-state index in [-0.39, 0.29) is 6.42 Å². The van der Waals surface area contributed by atoms with Crippen LogP contribution in [0, 0.1) is 23.7 Å². The van der Waals surface area contributed by atoms with Crippen LogP contribution >= 0.6 is 0 Å². The number of benzene rings is 1. The van der Waals surface area contributed by atoms with Gasteiger partial charge < -0.3 is 39.4 Å². The average molecular weight is 637 g/mol. The lowest BCUT2D eigenvalue weighted by Crippen LogP contribution is -2.70. The van der Waals surface area contributed by atoms with Crippen LogP contribution in [0.5, 0.6) is 0 Å². The highest BCUT2D eigenvalue weighted by Crippen LogP contribution is 2.69. The zero-order valence-electron chi connectivity index (χ0n) is 27.1. The second-order valence-corrected chi connectivity index (χ2v) is 14.1. The van der Waals surface area contributed by atoms with E-state index in [1.54, 1.807) is 12.2 Å². The van der Waals surface area contributed by atoms with Crippen LogP contribution in [-0.2, 0) is 23.7 Å². The van der Waals surface area contributed by atoms with Crippen LogP contribution in [0.2, 0.25) is 0 Å². The summed E-state index contributed by atoms with van der Waals surface area (Å²) in [5.74, 6) is -3.34. The smallest absolute Gasteiger partial charge is 0.331 e. The van der Waals surface area contributed by atoms with Gasteiger partial charge >= 0.3 is 5.97 Å². The Labute approximate surface area is 271 Å². The quantitative estimate of drug-likeness (QED) is 0.104. The highest BCUT2D eigenvalue weighted by atomic mass is 16.7. The highest BCUT2D eigenvalue weighted by molar-refractivity contribution is 5.82. The van der Waals surface area contributed by atoms with Crippen molar-refractivity contribution in [3.8, 4) is 0 Å². The minimum Gasteiger partial charge on any atom is -0.456 e. The summed E-state index contributed by atoms with van der Waals surface area (Å²) in [5.41, 5.74) is -4.83. The maximum absolute atomic E-state index is 13.1. The molecule has 0 aromatic heterocycles. The second kappa shape index (κ2) is 12.1. The van der Waals surface area contributed by atoms with Crippen LogP contribution in [0.3, 0.4) is 0 Å². The van der Waals surface area contributed by atoms with E-state index in [9.17, 15) is 25.2 Å². The molecular weight excluding hydrogens is 588 g/mol. The Balaban J connectivity index is 1.37. The Morgan fingerprint density at radius 2 is 1.78 bits per heavy atom. The molecular formula is C37H48O9. The van der Waals surface area contributed by atoms with Gasteiger partial charge in [-0.05, 0) is 43.6 Å². The van der Waals surface area contributed by atoms with E-state index in [2.05, 4.69) is 13.5 Å². The molecule has 5 aliphatic rings. The summed E-state index contributed by atoms with van der Waals surface area (Å²) in [6.45, 7) is 11.4. The van der Waals surface area contributed by atoms with Gasteiger partial charge in [-0.15, -0.1) is 0 Å². The zero-order valence-corrected chi connectivity index (χ0v) is 27.1. The summed E-state index contributed by atoms with van der Waals surface area (Å²) in [6.07, 6.45) is 7.69. The number of hydrogen-bond donors (Lipinski definition) is 4. The first-order valence-electron chi connectivity index (χ1n) is 16.6. The third kappa shape index (κ3) is 4.81. The molecule has 1 aromatic carbocycles. The normalized spacial score (nSPS) is 46.1. The maximum Gasteiger partial charge on any atom is 0.331 e. The molecule has 46 heavy (non-hydrogen) atoms. The van der Waals surface area contributed by atoms with Gasteiger partial charge in [-0.1, -0.05) is 94.5 Å². The highest BCUT2D eigenvalue weighted by Gasteiger charge is 2.85. The van der Waals surface area contributed by atoms with Crippen molar-refractivity contribution in [1.29, 1.82) is 0 Å². The Morgan fingerprint density at radius 1 is 1.07 bits per heavy atom. The number of allylic oxidation sites excluding steroid dienone is 5. The number of aliphatic hydroxyl groups is 4. The average Bonchev–Trinajstić information content (AvgIpc) is 3.56. The van der Waals surface area contributed by atoms with Crippen molar-refractivity contribution >= 4 is 5.97 Å². The molecule has 2 aliphatic heterocycles. The lowest BCUT2D eigenvalue weighted by molar-refractivity contribution is -0.256. The van der Waals surface area contributed by atoms with E-state index in [0.717, 1.165) is 24.0 Å². The molecule has 9 heteroatoms. The van der Waals surface area contributed by atoms with E-state index in [1.807, 2.05) is 69.3 Å². The number of ether oxygens (including phenoxy) is 4. The van der Waals surface area contributed by atoms with Crippen LogP contribution in [0.15, 0.2) is 78.9 Å². The first kappa shape index (κ1) is 33.3. The Kier molecular flexibility index (Phi) is 8.76. The zero-order chi connectivity index (χ0) is 33.1. The predicted octanol–water partition coefficient (Wildman–Crippen LogP) is 4.07. The van der Waals surface area contributed by atoms with Crippen LogP contribution < -0.4 is 0 Å². The maximum atomic E-state index is 13.1. The fourth-order valence-electron chi connectivity index (χ4n) is 9.14. The monoisotopic (exact) mass is 636 g/mol. The van der Waals surface area contributed by atoms with Crippen molar-refractivity contribution in [3.05, 3.63) is 84.5 Å². The SMILES string of the molecule is C=C(C)[C@]12C[C@@H](C)[C@@]3(O)C([C@H]1OC(c1ccccc1)O2)[C@@H]1O[C@]1(CO)[C@@H](O)[C@@]1(O)C3C[C@H](C)[C@@H]1OC(=O)/C=C/C=C/C=C/CCC. The molecule has 2 heterocycles. The number of esters is 1. The largest absolute Gasteiger partial charge is 0.456 e. The fourth-order valence-corrected chi connectivity index (χ4v) is 9.14.